The summed E-state index contributed by atoms with van der Waals surface area (Å²) in [7, 11) is -4.89. The van der Waals surface area contributed by atoms with Gasteiger partial charge >= 0.3 is 12.1 Å². The van der Waals surface area contributed by atoms with Crippen molar-refractivity contribution in [1.29, 1.82) is 0 Å². The summed E-state index contributed by atoms with van der Waals surface area (Å²) in [4.78, 5) is 21.5. The van der Waals surface area contributed by atoms with E-state index in [9.17, 15) is 36.5 Å². The molecule has 0 saturated heterocycles. The van der Waals surface area contributed by atoms with Crippen molar-refractivity contribution in [3.05, 3.63) is 63.2 Å². The summed E-state index contributed by atoms with van der Waals surface area (Å²) in [6.07, 6.45) is -4.84. The highest BCUT2D eigenvalue weighted by atomic mass is 35.5. The summed E-state index contributed by atoms with van der Waals surface area (Å²) in [5, 5.41) is 10.8. The Morgan fingerprint density at radius 3 is 2.43 bits per heavy atom. The molecule has 0 heterocycles. The van der Waals surface area contributed by atoms with Crippen LogP contribution in [-0.4, -0.2) is 32.5 Å². The minimum Gasteiger partial charge on any atom is -0.465 e. The third-order valence-corrected chi connectivity index (χ3v) is 5.88. The summed E-state index contributed by atoms with van der Waals surface area (Å²) in [5.41, 5.74) is -2.74. The first-order valence-corrected chi connectivity index (χ1v) is 10.00. The number of carbonyl (C=O) groups excluding carboxylic acids is 1. The van der Waals surface area contributed by atoms with Crippen LogP contribution in [0.5, 0.6) is 0 Å². The summed E-state index contributed by atoms with van der Waals surface area (Å²) in [6.45, 7) is 0.258. The van der Waals surface area contributed by atoms with Crippen molar-refractivity contribution in [2.24, 2.45) is 0 Å². The molecule has 0 bridgehead atoms. The second-order valence-corrected chi connectivity index (χ2v) is 7.94. The molecule has 2 aromatic carbocycles. The van der Waals surface area contributed by atoms with Gasteiger partial charge in [0, 0.05) is 6.07 Å². The molecule has 0 unspecified atom stereocenters. The molecule has 162 valence electrons. The number of anilines is 1. The number of ether oxygens (including phenoxy) is 1. The Labute approximate surface area is 174 Å². The highest BCUT2D eigenvalue weighted by Crippen LogP contribution is 2.38. The summed E-state index contributed by atoms with van der Waals surface area (Å²) < 4.78 is 70.8. The quantitative estimate of drug-likeness (QED) is 0.346. The fourth-order valence-electron chi connectivity index (χ4n) is 2.45. The van der Waals surface area contributed by atoms with Crippen LogP contribution in [0, 0.1) is 10.1 Å². The van der Waals surface area contributed by atoms with Gasteiger partial charge in [0.2, 0.25) is 0 Å². The number of hydrogen-bond donors (Lipinski definition) is 0. The minimum atomic E-state index is -4.89. The van der Waals surface area contributed by atoms with Crippen molar-refractivity contribution in [3.63, 3.8) is 0 Å². The number of benzene rings is 2. The van der Waals surface area contributed by atoms with E-state index in [1.165, 1.54) is 19.1 Å². The van der Waals surface area contributed by atoms with Crippen LogP contribution in [0.4, 0.5) is 24.5 Å². The predicted molar refractivity (Wildman–Crippen MR) is 101 cm³/mol. The van der Waals surface area contributed by atoms with Gasteiger partial charge in [0.25, 0.3) is 15.7 Å². The van der Waals surface area contributed by atoms with Crippen molar-refractivity contribution in [2.75, 3.05) is 17.5 Å². The van der Waals surface area contributed by atoms with Gasteiger partial charge in [-0.1, -0.05) is 23.7 Å². The summed E-state index contributed by atoms with van der Waals surface area (Å²) in [6, 6.07) is 6.09. The Morgan fingerprint density at radius 1 is 1.23 bits per heavy atom. The third kappa shape index (κ3) is 5.00. The highest BCUT2D eigenvalue weighted by molar-refractivity contribution is 7.93. The van der Waals surface area contributed by atoms with Gasteiger partial charge in [0.1, 0.15) is 6.54 Å². The van der Waals surface area contributed by atoms with Gasteiger partial charge in [-0.3, -0.25) is 19.2 Å². The number of hydrogen-bond acceptors (Lipinski definition) is 6. The Kier molecular flexibility index (Phi) is 6.93. The van der Waals surface area contributed by atoms with Gasteiger partial charge in [0.15, 0.2) is 4.90 Å². The zero-order chi connectivity index (χ0) is 22.7. The maximum atomic E-state index is 13.2. The topological polar surface area (TPSA) is 107 Å². The molecule has 0 aromatic heterocycles. The Hall–Kier alpha value is -2.86. The molecule has 0 fully saturated rings. The van der Waals surface area contributed by atoms with Gasteiger partial charge < -0.3 is 4.74 Å². The van der Waals surface area contributed by atoms with Gasteiger partial charge in [0.05, 0.1) is 27.8 Å². The lowest BCUT2D eigenvalue weighted by atomic mass is 10.2. The summed E-state index contributed by atoms with van der Waals surface area (Å²) >= 11 is 5.94. The fraction of sp³-hybridized carbons (Fsp3) is 0.235. The first-order chi connectivity index (χ1) is 13.9. The van der Waals surface area contributed by atoms with E-state index in [1.807, 2.05) is 0 Å². The molecule has 30 heavy (non-hydrogen) atoms. The largest absolute Gasteiger partial charge is 0.465 e. The standard InChI is InChI=1S/C17H14ClF3N2O6S/c1-2-29-16(24)10-22(14-9-11(17(19,20)21)7-8-12(14)18)30(27,28)15-6-4-3-5-13(15)23(25)26/h3-9H,2,10H2,1H3. The minimum absolute atomic E-state index is 0.130. The summed E-state index contributed by atoms with van der Waals surface area (Å²) in [5.74, 6) is -1.09. The molecule has 0 amide bonds. The number of halogens is 4. The lowest BCUT2D eigenvalue weighted by molar-refractivity contribution is -0.387. The van der Waals surface area contributed by atoms with E-state index in [2.05, 4.69) is 0 Å². The molecule has 2 aromatic rings. The van der Waals surface area contributed by atoms with E-state index < -0.39 is 60.5 Å². The molecule has 0 aliphatic heterocycles. The van der Waals surface area contributed by atoms with Gasteiger partial charge in [-0.25, -0.2) is 8.42 Å². The zero-order valence-electron chi connectivity index (χ0n) is 15.2. The van der Waals surface area contributed by atoms with Gasteiger partial charge in [-0.2, -0.15) is 13.2 Å². The first-order valence-electron chi connectivity index (χ1n) is 8.18. The SMILES string of the molecule is CCOC(=O)CN(c1cc(C(F)(F)F)ccc1Cl)S(=O)(=O)c1ccccc1[N+](=O)[O-]. The van der Waals surface area contributed by atoms with E-state index in [1.54, 1.807) is 0 Å². The monoisotopic (exact) mass is 466 g/mol. The number of rotatable bonds is 7. The maximum absolute atomic E-state index is 13.2. The van der Waals surface area contributed by atoms with Crippen molar-refractivity contribution >= 4 is 39.0 Å². The van der Waals surface area contributed by atoms with Crippen LogP contribution < -0.4 is 4.31 Å². The lowest BCUT2D eigenvalue weighted by Gasteiger charge is -2.25. The number of carbonyl (C=O) groups is 1. The van der Waals surface area contributed by atoms with Crippen LogP contribution in [0.3, 0.4) is 0 Å². The van der Waals surface area contributed by atoms with E-state index in [-0.39, 0.29) is 10.9 Å². The van der Waals surface area contributed by atoms with E-state index in [0.717, 1.165) is 18.2 Å². The van der Waals surface area contributed by atoms with Crippen LogP contribution in [0.1, 0.15) is 12.5 Å². The van der Waals surface area contributed by atoms with Crippen LogP contribution in [-0.2, 0) is 25.7 Å². The zero-order valence-corrected chi connectivity index (χ0v) is 16.8. The van der Waals surface area contributed by atoms with Gasteiger partial charge in [-0.15, -0.1) is 0 Å². The molecule has 0 aliphatic rings. The van der Waals surface area contributed by atoms with Gasteiger partial charge in [-0.05, 0) is 31.2 Å². The number of sulfonamides is 1. The van der Waals surface area contributed by atoms with Crippen LogP contribution in [0.25, 0.3) is 0 Å². The average Bonchev–Trinajstić information content (AvgIpc) is 2.66. The molecule has 0 N–H and O–H groups in total. The molecule has 0 saturated carbocycles. The van der Waals surface area contributed by atoms with Crippen molar-refractivity contribution in [3.8, 4) is 0 Å². The molecular weight excluding hydrogens is 453 g/mol. The van der Waals surface area contributed by atoms with E-state index in [4.69, 9.17) is 16.3 Å². The van der Waals surface area contributed by atoms with Crippen LogP contribution in [0.2, 0.25) is 5.02 Å². The number of nitro groups is 1. The van der Waals surface area contributed by atoms with Crippen molar-refractivity contribution in [2.45, 2.75) is 18.0 Å². The van der Waals surface area contributed by atoms with Crippen LogP contribution >= 0.6 is 11.6 Å². The number of nitro benzene ring substituents is 1. The number of esters is 1. The van der Waals surface area contributed by atoms with Crippen molar-refractivity contribution < 1.29 is 36.0 Å². The maximum Gasteiger partial charge on any atom is 0.416 e. The molecular formula is C17H14ClF3N2O6S. The molecule has 0 radical (unpaired) electrons. The molecule has 2 rings (SSSR count). The first kappa shape index (κ1) is 23.4. The average molecular weight is 467 g/mol. The molecule has 0 aliphatic carbocycles. The van der Waals surface area contributed by atoms with Crippen molar-refractivity contribution in [1.82, 2.24) is 0 Å². The molecule has 13 heteroatoms. The second kappa shape index (κ2) is 8.88. The number of nitrogens with zero attached hydrogens (tertiary/aromatic N) is 2. The Morgan fingerprint density at radius 2 is 1.87 bits per heavy atom. The fourth-order valence-corrected chi connectivity index (χ4v) is 4.30. The normalized spacial score (nSPS) is 11.8. The number of alkyl halides is 3. The molecule has 0 spiro atoms. The smallest absolute Gasteiger partial charge is 0.416 e. The van der Waals surface area contributed by atoms with Crippen LogP contribution in [0.15, 0.2) is 47.4 Å². The second-order valence-electron chi connectivity index (χ2n) is 5.71. The third-order valence-electron chi connectivity index (χ3n) is 3.75. The highest BCUT2D eigenvalue weighted by Gasteiger charge is 2.37. The Balaban J connectivity index is 2.74. The molecule has 8 nitrogen and oxygen atoms in total. The number of para-hydroxylation sites is 1. The molecule has 0 atom stereocenters. The lowest BCUT2D eigenvalue weighted by Crippen LogP contribution is -2.37. The predicted octanol–water partition coefficient (Wildman–Crippen LogP) is 4.03. The van der Waals surface area contributed by atoms with E-state index in [0.29, 0.717) is 12.1 Å². The van der Waals surface area contributed by atoms with E-state index >= 15 is 0 Å². The Bertz CT molecular complexity index is 1080.